The molecule has 2 aliphatic heterocycles. The zero-order valence-corrected chi connectivity index (χ0v) is 18.2. The summed E-state index contributed by atoms with van der Waals surface area (Å²) in [6.07, 6.45) is -2.28. The molecule has 5 rings (SSSR count). The summed E-state index contributed by atoms with van der Waals surface area (Å²) in [5, 5.41) is 26.5. The first-order valence-corrected chi connectivity index (χ1v) is 11.4. The molecule has 2 saturated heterocycles. The number of aryl methyl sites for hydroxylation is 1. The first-order valence-electron chi connectivity index (χ1n) is 11.4. The van der Waals surface area contributed by atoms with Gasteiger partial charge in [0.1, 0.15) is 11.3 Å². The van der Waals surface area contributed by atoms with E-state index in [1.807, 2.05) is 6.07 Å². The molecule has 2 spiro atoms. The number of phenols is 1. The van der Waals surface area contributed by atoms with Crippen molar-refractivity contribution in [3.05, 3.63) is 29.3 Å². The molecule has 4 aliphatic rings. The van der Waals surface area contributed by atoms with Crippen LogP contribution < -0.4 is 10.6 Å². The molecule has 2 heterocycles. The number of hydrogen-bond acceptors (Lipinski definition) is 5. The van der Waals surface area contributed by atoms with Gasteiger partial charge in [0.05, 0.1) is 12.0 Å². The molecule has 1 aromatic carbocycles. The highest BCUT2D eigenvalue weighted by atomic mass is 19.4. The second-order valence-electron chi connectivity index (χ2n) is 10.3. The van der Waals surface area contributed by atoms with Crippen LogP contribution in [0.4, 0.5) is 18.0 Å². The molecule has 1 unspecified atom stereocenters. The third kappa shape index (κ3) is 3.77. The first kappa shape index (κ1) is 22.5. The number of hydrogen-bond donors (Lipinski definition) is 4. The Morgan fingerprint density at radius 1 is 1.09 bits per heavy atom. The molecule has 3 fully saturated rings. The third-order valence-corrected chi connectivity index (χ3v) is 8.26. The fraction of sp³-hybridized carbons (Fsp3) is 0.652. The molecule has 2 atom stereocenters. The number of phenolic OH excluding ortho intramolecular Hbond substituents is 1. The number of halogens is 3. The van der Waals surface area contributed by atoms with Gasteiger partial charge in [0.2, 0.25) is 0 Å². The molecule has 0 aromatic heterocycles. The zero-order chi connectivity index (χ0) is 23.6. The molecule has 180 valence electrons. The van der Waals surface area contributed by atoms with E-state index >= 15 is 0 Å². The number of rotatable bonds is 3. The molecule has 1 saturated carbocycles. The van der Waals surface area contributed by atoms with E-state index < -0.39 is 41.7 Å². The first-order chi connectivity index (χ1) is 15.4. The lowest BCUT2D eigenvalue weighted by atomic mass is 9.54. The fourth-order valence-electron chi connectivity index (χ4n) is 6.75. The molecule has 3 amide bonds. The van der Waals surface area contributed by atoms with Crippen LogP contribution in [0.5, 0.6) is 5.75 Å². The van der Waals surface area contributed by atoms with Crippen LogP contribution in [0, 0.1) is 5.41 Å². The van der Waals surface area contributed by atoms with Crippen LogP contribution >= 0.6 is 0 Å². The van der Waals surface area contributed by atoms with Crippen LogP contribution in [-0.4, -0.2) is 63.5 Å². The Morgan fingerprint density at radius 2 is 1.82 bits per heavy atom. The number of fused-ring (bicyclic) bond motifs is 1. The van der Waals surface area contributed by atoms with Crippen LogP contribution in [0.25, 0.3) is 0 Å². The van der Waals surface area contributed by atoms with Gasteiger partial charge in [-0.25, -0.2) is 4.79 Å². The number of nitrogens with zero attached hydrogens (tertiary/aromatic N) is 1. The van der Waals surface area contributed by atoms with Gasteiger partial charge in [-0.15, -0.1) is 0 Å². The average molecular weight is 467 g/mol. The second-order valence-corrected chi connectivity index (χ2v) is 10.3. The average Bonchev–Trinajstić information content (AvgIpc) is 3.00. The van der Waals surface area contributed by atoms with Gasteiger partial charge in [-0.3, -0.25) is 15.0 Å². The monoisotopic (exact) mass is 467 g/mol. The van der Waals surface area contributed by atoms with Gasteiger partial charge in [-0.1, -0.05) is 6.07 Å². The SMILES string of the molecule is O=C1NC(=O)C2(CCC(O)([C@@H]3N(CCC(F)(F)F)CC34CCc3cc(O)ccc3C4)CC2)N1. The highest BCUT2D eigenvalue weighted by molar-refractivity contribution is 6.07. The largest absolute Gasteiger partial charge is 0.508 e. The van der Waals surface area contributed by atoms with Gasteiger partial charge in [0, 0.05) is 24.5 Å². The van der Waals surface area contributed by atoms with Crippen LogP contribution in [0.2, 0.25) is 0 Å². The van der Waals surface area contributed by atoms with Crippen molar-refractivity contribution in [3.63, 3.8) is 0 Å². The number of urea groups is 1. The molecule has 2 aliphatic carbocycles. The summed E-state index contributed by atoms with van der Waals surface area (Å²) in [5.41, 5.74) is -0.577. The molecule has 1 aromatic rings. The number of alkyl halides is 3. The minimum atomic E-state index is -4.28. The number of aliphatic hydroxyl groups is 1. The van der Waals surface area contributed by atoms with Crippen LogP contribution in [-0.2, 0) is 17.6 Å². The molecule has 0 radical (unpaired) electrons. The van der Waals surface area contributed by atoms with Gasteiger partial charge in [-0.05, 0) is 68.2 Å². The number of imide groups is 1. The van der Waals surface area contributed by atoms with Gasteiger partial charge in [0.25, 0.3) is 5.91 Å². The van der Waals surface area contributed by atoms with Crippen molar-refractivity contribution < 1.29 is 33.0 Å². The molecular weight excluding hydrogens is 439 g/mol. The maximum Gasteiger partial charge on any atom is 0.390 e. The van der Waals surface area contributed by atoms with E-state index in [-0.39, 0.29) is 43.4 Å². The third-order valence-electron chi connectivity index (χ3n) is 8.26. The molecule has 10 heteroatoms. The maximum atomic E-state index is 13.0. The van der Waals surface area contributed by atoms with Crippen molar-refractivity contribution in [1.29, 1.82) is 0 Å². The van der Waals surface area contributed by atoms with Crippen molar-refractivity contribution in [2.24, 2.45) is 5.41 Å². The van der Waals surface area contributed by atoms with Crippen molar-refractivity contribution in [2.75, 3.05) is 13.1 Å². The van der Waals surface area contributed by atoms with Gasteiger partial charge < -0.3 is 15.5 Å². The topological polar surface area (TPSA) is 102 Å². The van der Waals surface area contributed by atoms with Crippen molar-refractivity contribution in [1.82, 2.24) is 15.5 Å². The predicted octanol–water partition coefficient (Wildman–Crippen LogP) is 2.39. The number of carbonyl (C=O) groups excluding carboxylic acids is 2. The van der Waals surface area contributed by atoms with E-state index in [2.05, 4.69) is 10.6 Å². The lowest BCUT2D eigenvalue weighted by Gasteiger charge is -2.65. The van der Waals surface area contributed by atoms with Gasteiger partial charge in [-0.2, -0.15) is 13.2 Å². The molecule has 33 heavy (non-hydrogen) atoms. The lowest BCUT2D eigenvalue weighted by molar-refractivity contribution is -0.211. The summed E-state index contributed by atoms with van der Waals surface area (Å²) >= 11 is 0. The zero-order valence-electron chi connectivity index (χ0n) is 18.2. The Bertz CT molecular complexity index is 990. The Morgan fingerprint density at radius 3 is 2.45 bits per heavy atom. The summed E-state index contributed by atoms with van der Waals surface area (Å²) in [4.78, 5) is 25.8. The minimum Gasteiger partial charge on any atom is -0.508 e. The summed E-state index contributed by atoms with van der Waals surface area (Å²) in [6, 6.07) is 4.20. The van der Waals surface area contributed by atoms with Crippen molar-refractivity contribution in [2.45, 2.75) is 74.7 Å². The predicted molar refractivity (Wildman–Crippen MR) is 111 cm³/mol. The second kappa shape index (κ2) is 7.33. The summed E-state index contributed by atoms with van der Waals surface area (Å²) in [5.74, 6) is -0.215. The number of benzene rings is 1. The van der Waals surface area contributed by atoms with Crippen LogP contribution in [0.1, 0.15) is 49.7 Å². The van der Waals surface area contributed by atoms with E-state index in [1.165, 1.54) is 0 Å². The quantitative estimate of drug-likeness (QED) is 0.512. The molecule has 4 N–H and O–H groups in total. The van der Waals surface area contributed by atoms with E-state index in [0.717, 1.165) is 11.1 Å². The smallest absolute Gasteiger partial charge is 0.390 e. The number of carbonyl (C=O) groups is 2. The lowest BCUT2D eigenvalue weighted by Crippen LogP contribution is -2.75. The summed E-state index contributed by atoms with van der Waals surface area (Å²) in [7, 11) is 0. The Hall–Kier alpha value is -2.33. The van der Waals surface area contributed by atoms with E-state index in [9.17, 15) is 33.0 Å². The highest BCUT2D eigenvalue weighted by Crippen LogP contribution is 2.55. The van der Waals surface area contributed by atoms with Gasteiger partial charge in [0.15, 0.2) is 0 Å². The van der Waals surface area contributed by atoms with Crippen LogP contribution in [0.15, 0.2) is 18.2 Å². The van der Waals surface area contributed by atoms with Crippen molar-refractivity contribution >= 4 is 11.9 Å². The molecular formula is C23H28F3N3O4. The number of aromatic hydroxyl groups is 1. The molecule has 7 nitrogen and oxygen atoms in total. The minimum absolute atomic E-state index is 0.178. The van der Waals surface area contributed by atoms with Gasteiger partial charge >= 0.3 is 12.2 Å². The Labute approximate surface area is 189 Å². The maximum absolute atomic E-state index is 13.0. The van der Waals surface area contributed by atoms with Crippen LogP contribution in [0.3, 0.4) is 0 Å². The highest BCUT2D eigenvalue weighted by Gasteiger charge is 2.63. The molecule has 0 bridgehead atoms. The Balaban J connectivity index is 1.40. The van der Waals surface area contributed by atoms with E-state index in [4.69, 9.17) is 0 Å². The van der Waals surface area contributed by atoms with Crippen molar-refractivity contribution in [3.8, 4) is 5.75 Å². The number of nitrogens with one attached hydrogen (secondary N) is 2. The number of amides is 3. The Kier molecular flexibility index (Phi) is 4.99. The normalized spacial score (nSPS) is 36.4. The fourth-order valence-corrected chi connectivity index (χ4v) is 6.75. The summed E-state index contributed by atoms with van der Waals surface area (Å²) in [6.45, 7) is 0.293. The summed E-state index contributed by atoms with van der Waals surface area (Å²) < 4.78 is 39.0. The standard InChI is InChI=1S/C23H28F3N3O4/c24-23(25,26)9-10-29-13-20(4-3-14-11-16(30)2-1-15(14)12-20)17(29)22(33)7-5-21(6-8-22)18(31)27-19(32)28-21/h1-2,11,17,30,33H,3-10,12-13H2,(H2,27,28,31,32)/t17-,20?,21?,22?/m1/s1. The number of likely N-dealkylation sites (tertiary alicyclic amines) is 1. The van der Waals surface area contributed by atoms with E-state index in [1.54, 1.807) is 17.0 Å². The van der Waals surface area contributed by atoms with E-state index in [0.29, 0.717) is 25.8 Å².